The van der Waals surface area contributed by atoms with E-state index in [1.165, 1.54) is 0 Å². The van der Waals surface area contributed by atoms with Crippen LogP contribution in [0.25, 0.3) is 0 Å². The van der Waals surface area contributed by atoms with Crippen LogP contribution in [0.5, 0.6) is 0 Å². The second-order valence-corrected chi connectivity index (χ2v) is 11.3. The van der Waals surface area contributed by atoms with Gasteiger partial charge in [0.05, 0.1) is 13.2 Å². The summed E-state index contributed by atoms with van der Waals surface area (Å²) in [6.07, 6.45) is 0. The van der Waals surface area contributed by atoms with Gasteiger partial charge in [-0.1, -0.05) is 11.6 Å². The van der Waals surface area contributed by atoms with Crippen LogP contribution in [0, 0.1) is 10.5 Å². The van der Waals surface area contributed by atoms with Crippen LogP contribution in [0.2, 0.25) is 5.02 Å². The van der Waals surface area contributed by atoms with Gasteiger partial charge in [-0.2, -0.15) is 5.10 Å². The van der Waals surface area contributed by atoms with Crippen molar-refractivity contribution >= 4 is 64.4 Å². The first-order valence-electron chi connectivity index (χ1n) is 9.96. The Morgan fingerprint density at radius 2 is 1.81 bits per heavy atom. The van der Waals surface area contributed by atoms with E-state index in [1.54, 1.807) is 31.2 Å². The number of halogens is 2. The summed E-state index contributed by atoms with van der Waals surface area (Å²) < 4.78 is 23.0. The molecule has 0 bridgehead atoms. The molecule has 3 N–H and O–H groups in total. The number of aromatic nitrogens is 2. The molecule has 1 aliphatic rings. The molecule has 32 heavy (non-hydrogen) atoms. The summed E-state index contributed by atoms with van der Waals surface area (Å²) in [6, 6.07) is 14.2. The van der Waals surface area contributed by atoms with E-state index in [4.69, 9.17) is 16.3 Å². The molecule has 1 amide bonds. The lowest BCUT2D eigenvalue weighted by atomic mass is 10.2. The second kappa shape index (κ2) is 9.93. The Labute approximate surface area is 204 Å². The third kappa shape index (κ3) is 5.02. The van der Waals surface area contributed by atoms with Crippen molar-refractivity contribution in [3.8, 4) is 0 Å². The number of amides is 1. The molecule has 1 aromatic heterocycles. The number of hydrogen-bond acceptors (Lipinski definition) is 4. The molecular weight excluding hydrogens is 564 g/mol. The van der Waals surface area contributed by atoms with E-state index in [9.17, 15) is 9.36 Å². The molecule has 0 radical (unpaired) electrons. The Hall–Kier alpha value is -1.91. The van der Waals surface area contributed by atoms with E-state index in [2.05, 4.69) is 43.2 Å². The zero-order chi connectivity index (χ0) is 22.7. The predicted octanol–water partition coefficient (Wildman–Crippen LogP) is 4.49. The SMILES string of the molecule is Cc1[nH]nc(NC(=O)c2ccc(Cl)cc2)c1[P@](=O)(Nc1ccc(I)cc1)N1CCOCC1. The molecule has 0 spiro atoms. The quantitative estimate of drug-likeness (QED) is 0.291. The van der Waals surface area contributed by atoms with E-state index in [-0.39, 0.29) is 11.7 Å². The minimum absolute atomic E-state index is 0.232. The van der Waals surface area contributed by atoms with E-state index in [0.717, 1.165) is 9.26 Å². The molecule has 1 aliphatic heterocycles. The standard InChI is InChI=1S/C21H22ClIN5O3P/c1-14-19(20(26-25-14)24-21(29)15-2-4-16(22)5-3-15)32(30,28-10-12-31-13-11-28)27-18-8-6-17(23)7-9-18/h2-9H,10-13H2,1H3,(H,27,30)(H2,24,25,26,29)/t32-/m0/s1. The van der Waals surface area contributed by atoms with Crippen LogP contribution in [0.4, 0.5) is 11.5 Å². The Morgan fingerprint density at radius 3 is 2.47 bits per heavy atom. The number of benzene rings is 2. The Morgan fingerprint density at radius 1 is 1.16 bits per heavy atom. The number of morpholine rings is 1. The van der Waals surface area contributed by atoms with Crippen LogP contribution in [0.1, 0.15) is 16.1 Å². The summed E-state index contributed by atoms with van der Waals surface area (Å²) in [7, 11) is -3.40. The normalized spacial score (nSPS) is 16.3. The fourth-order valence-electron chi connectivity index (χ4n) is 3.47. The van der Waals surface area contributed by atoms with Gasteiger partial charge in [-0.05, 0) is 78.0 Å². The molecule has 1 fully saturated rings. The number of hydrogen-bond donors (Lipinski definition) is 3. The predicted molar refractivity (Wildman–Crippen MR) is 135 cm³/mol. The van der Waals surface area contributed by atoms with Gasteiger partial charge in [-0.15, -0.1) is 0 Å². The molecular formula is C21H22ClIN5O3P. The molecule has 168 valence electrons. The van der Waals surface area contributed by atoms with Crippen LogP contribution in [-0.2, 0) is 9.30 Å². The topological polar surface area (TPSA) is 99.3 Å². The van der Waals surface area contributed by atoms with Gasteiger partial charge in [0, 0.05) is 38.6 Å². The molecule has 2 heterocycles. The van der Waals surface area contributed by atoms with Crippen molar-refractivity contribution < 1.29 is 14.1 Å². The average molecular weight is 586 g/mol. The number of aromatic amines is 1. The van der Waals surface area contributed by atoms with Crippen LogP contribution in [0.15, 0.2) is 48.5 Å². The summed E-state index contributed by atoms with van der Waals surface area (Å²) in [6.45, 7) is 3.72. The highest BCUT2D eigenvalue weighted by atomic mass is 127. The lowest BCUT2D eigenvalue weighted by Gasteiger charge is -2.35. The van der Waals surface area contributed by atoms with Crippen LogP contribution in [0.3, 0.4) is 0 Å². The van der Waals surface area contributed by atoms with Crippen molar-refractivity contribution in [3.05, 3.63) is 68.4 Å². The molecule has 11 heteroatoms. The summed E-state index contributed by atoms with van der Waals surface area (Å²) in [4.78, 5) is 12.8. The first kappa shape index (κ1) is 23.3. The second-order valence-electron chi connectivity index (χ2n) is 7.27. The fourth-order valence-corrected chi connectivity index (χ4v) is 6.61. The van der Waals surface area contributed by atoms with Crippen LogP contribution >= 0.6 is 41.6 Å². The summed E-state index contributed by atoms with van der Waals surface area (Å²) >= 11 is 8.15. The van der Waals surface area contributed by atoms with Gasteiger partial charge >= 0.3 is 0 Å². The lowest BCUT2D eigenvalue weighted by Crippen LogP contribution is -2.39. The van der Waals surface area contributed by atoms with Crippen molar-refractivity contribution in [2.45, 2.75) is 6.92 Å². The molecule has 3 aromatic rings. The number of carbonyl (C=O) groups is 1. The highest BCUT2D eigenvalue weighted by molar-refractivity contribution is 14.1. The van der Waals surface area contributed by atoms with Gasteiger partial charge in [0.1, 0.15) is 5.30 Å². The number of anilines is 2. The largest absolute Gasteiger partial charge is 0.379 e. The van der Waals surface area contributed by atoms with Crippen molar-refractivity contribution in [1.82, 2.24) is 14.9 Å². The van der Waals surface area contributed by atoms with Crippen molar-refractivity contribution in [2.24, 2.45) is 0 Å². The average Bonchev–Trinajstić information content (AvgIpc) is 3.16. The monoisotopic (exact) mass is 585 g/mol. The number of nitrogens with zero attached hydrogens (tertiary/aromatic N) is 2. The molecule has 0 saturated carbocycles. The number of H-pyrrole nitrogens is 1. The molecule has 2 aromatic carbocycles. The van der Waals surface area contributed by atoms with Crippen molar-refractivity contribution in [1.29, 1.82) is 0 Å². The minimum Gasteiger partial charge on any atom is -0.379 e. The van der Waals surface area contributed by atoms with Gasteiger partial charge in [-0.3, -0.25) is 14.5 Å². The number of carbonyl (C=O) groups excluding carboxylic acids is 1. The highest BCUT2D eigenvalue weighted by Crippen LogP contribution is 2.51. The van der Waals surface area contributed by atoms with Gasteiger partial charge in [0.25, 0.3) is 13.4 Å². The van der Waals surface area contributed by atoms with E-state index < -0.39 is 7.44 Å². The number of rotatable bonds is 6. The third-order valence-corrected chi connectivity index (χ3v) is 8.95. The maximum absolute atomic E-state index is 14.6. The smallest absolute Gasteiger partial charge is 0.272 e. The first-order valence-corrected chi connectivity index (χ1v) is 13.1. The molecule has 0 aliphatic carbocycles. The minimum atomic E-state index is -3.40. The zero-order valence-electron chi connectivity index (χ0n) is 17.3. The Balaban J connectivity index is 1.71. The molecule has 0 unspecified atom stereocenters. The van der Waals surface area contributed by atoms with Gasteiger partial charge < -0.3 is 15.1 Å². The van der Waals surface area contributed by atoms with Crippen LogP contribution in [-0.4, -0.2) is 47.1 Å². The number of aryl methyl sites for hydroxylation is 1. The van der Waals surface area contributed by atoms with E-state index in [0.29, 0.717) is 47.9 Å². The van der Waals surface area contributed by atoms with Crippen molar-refractivity contribution in [3.63, 3.8) is 0 Å². The van der Waals surface area contributed by atoms with Crippen LogP contribution < -0.4 is 15.7 Å². The van der Waals surface area contributed by atoms with Gasteiger partial charge in [0.15, 0.2) is 5.82 Å². The molecule has 1 atom stereocenters. The number of ether oxygens (including phenoxy) is 1. The maximum atomic E-state index is 14.6. The lowest BCUT2D eigenvalue weighted by molar-refractivity contribution is 0.0729. The summed E-state index contributed by atoms with van der Waals surface area (Å²) in [5, 5.41) is 14.2. The maximum Gasteiger partial charge on any atom is 0.272 e. The molecule has 8 nitrogen and oxygen atoms in total. The molecule has 1 saturated heterocycles. The fraction of sp³-hybridized carbons (Fsp3) is 0.238. The Bertz CT molecular complexity index is 1150. The van der Waals surface area contributed by atoms with Gasteiger partial charge in [0.2, 0.25) is 0 Å². The summed E-state index contributed by atoms with van der Waals surface area (Å²) in [5.74, 6) is -0.132. The van der Waals surface area contributed by atoms with E-state index in [1.807, 2.05) is 28.9 Å². The van der Waals surface area contributed by atoms with Gasteiger partial charge in [-0.25, -0.2) is 4.67 Å². The van der Waals surface area contributed by atoms with Crippen molar-refractivity contribution in [2.75, 3.05) is 36.7 Å². The third-order valence-electron chi connectivity index (χ3n) is 5.07. The Kier molecular flexibility index (Phi) is 7.21. The van der Waals surface area contributed by atoms with E-state index >= 15 is 0 Å². The first-order chi connectivity index (χ1) is 15.4. The number of nitrogens with one attached hydrogen (secondary N) is 3. The molecule has 4 rings (SSSR count). The summed E-state index contributed by atoms with van der Waals surface area (Å²) in [5.41, 5.74) is 1.76. The zero-order valence-corrected chi connectivity index (χ0v) is 21.1. The highest BCUT2D eigenvalue weighted by Gasteiger charge is 2.39.